The van der Waals surface area contributed by atoms with Crippen molar-refractivity contribution in [3.05, 3.63) is 22.8 Å². The molecule has 1 atom stereocenters. The molecular formula is C17H27N3O. The largest absolute Gasteiger partial charge is 0.370 e. The van der Waals surface area contributed by atoms with Gasteiger partial charge in [0.15, 0.2) is 5.82 Å². The third kappa shape index (κ3) is 2.71. The van der Waals surface area contributed by atoms with Crippen molar-refractivity contribution in [2.45, 2.75) is 63.9 Å². The van der Waals surface area contributed by atoms with E-state index in [0.29, 0.717) is 5.92 Å². The Labute approximate surface area is 127 Å². The lowest BCUT2D eigenvalue weighted by Crippen LogP contribution is -2.35. The normalized spacial score (nSPS) is 24.6. The van der Waals surface area contributed by atoms with Crippen LogP contribution in [0.4, 0.5) is 0 Å². The van der Waals surface area contributed by atoms with Gasteiger partial charge in [-0.15, -0.1) is 0 Å². The fourth-order valence-corrected chi connectivity index (χ4v) is 3.91. The number of nitrogens with two attached hydrogens (primary N) is 1. The highest BCUT2D eigenvalue weighted by Gasteiger charge is 2.38. The molecule has 0 radical (unpaired) electrons. The van der Waals surface area contributed by atoms with Gasteiger partial charge in [0, 0.05) is 18.5 Å². The van der Waals surface area contributed by atoms with Crippen molar-refractivity contribution in [1.29, 1.82) is 0 Å². The van der Waals surface area contributed by atoms with Crippen molar-refractivity contribution in [2.75, 3.05) is 13.7 Å². The number of hydrogen-bond donors (Lipinski definition) is 1. The molecule has 0 bridgehead atoms. The maximum absolute atomic E-state index is 5.91. The molecule has 0 aliphatic heterocycles. The number of aryl methyl sites for hydroxylation is 2. The molecule has 4 nitrogen and oxygen atoms in total. The molecule has 21 heavy (non-hydrogen) atoms. The Morgan fingerprint density at radius 1 is 1.24 bits per heavy atom. The molecule has 0 amide bonds. The summed E-state index contributed by atoms with van der Waals surface area (Å²) in [5.41, 5.74) is 9.30. The Bertz CT molecular complexity index is 509. The number of rotatable bonds is 3. The standard InChI is InChI=1S/C17H27N3O/c1-12-14-10-13(11-18)6-7-15(14)20-16(19-12)17(21-2)8-4-3-5-9-17/h13H,3-11,18H2,1-2H3. The smallest absolute Gasteiger partial charge is 0.160 e. The minimum Gasteiger partial charge on any atom is -0.370 e. The summed E-state index contributed by atoms with van der Waals surface area (Å²) in [6.07, 6.45) is 9.04. The molecule has 2 N–H and O–H groups in total. The zero-order chi connectivity index (χ0) is 14.9. The van der Waals surface area contributed by atoms with Gasteiger partial charge < -0.3 is 10.5 Å². The van der Waals surface area contributed by atoms with E-state index in [1.54, 1.807) is 0 Å². The number of fused-ring (bicyclic) bond motifs is 1. The van der Waals surface area contributed by atoms with Crippen LogP contribution in [0.3, 0.4) is 0 Å². The predicted molar refractivity (Wildman–Crippen MR) is 83.1 cm³/mol. The predicted octanol–water partition coefficient (Wildman–Crippen LogP) is 2.65. The zero-order valence-corrected chi connectivity index (χ0v) is 13.3. The molecule has 1 heterocycles. The van der Waals surface area contributed by atoms with Crippen LogP contribution >= 0.6 is 0 Å². The van der Waals surface area contributed by atoms with Crippen LogP contribution in [0.1, 0.15) is 61.3 Å². The van der Waals surface area contributed by atoms with Gasteiger partial charge in [0.1, 0.15) is 5.60 Å². The van der Waals surface area contributed by atoms with Crippen LogP contribution in [0.25, 0.3) is 0 Å². The molecule has 1 unspecified atom stereocenters. The van der Waals surface area contributed by atoms with Gasteiger partial charge in [0.2, 0.25) is 0 Å². The monoisotopic (exact) mass is 289 g/mol. The van der Waals surface area contributed by atoms with E-state index in [1.807, 2.05) is 7.11 Å². The minimum absolute atomic E-state index is 0.247. The van der Waals surface area contributed by atoms with Crippen LogP contribution in [0, 0.1) is 12.8 Å². The van der Waals surface area contributed by atoms with Gasteiger partial charge in [-0.3, -0.25) is 0 Å². The van der Waals surface area contributed by atoms with Crippen molar-refractivity contribution in [2.24, 2.45) is 11.7 Å². The first-order valence-corrected chi connectivity index (χ1v) is 8.30. The number of hydrogen-bond acceptors (Lipinski definition) is 4. The molecular weight excluding hydrogens is 262 g/mol. The number of nitrogens with zero attached hydrogens (tertiary/aromatic N) is 2. The number of methoxy groups -OCH3 is 1. The van der Waals surface area contributed by atoms with Gasteiger partial charge in [0.05, 0.1) is 0 Å². The van der Waals surface area contributed by atoms with E-state index >= 15 is 0 Å². The summed E-state index contributed by atoms with van der Waals surface area (Å²) in [7, 11) is 1.81. The van der Waals surface area contributed by atoms with Crippen molar-refractivity contribution in [3.8, 4) is 0 Å². The van der Waals surface area contributed by atoms with E-state index in [0.717, 1.165) is 50.2 Å². The van der Waals surface area contributed by atoms with Crippen LogP contribution in [0.5, 0.6) is 0 Å². The molecule has 4 heteroatoms. The lowest BCUT2D eigenvalue weighted by atomic mass is 9.82. The Hall–Kier alpha value is -1.00. The molecule has 0 saturated heterocycles. The molecule has 1 fully saturated rings. The molecule has 116 valence electrons. The van der Waals surface area contributed by atoms with Crippen molar-refractivity contribution >= 4 is 0 Å². The average molecular weight is 289 g/mol. The van der Waals surface area contributed by atoms with E-state index in [1.165, 1.54) is 30.5 Å². The minimum atomic E-state index is -0.247. The van der Waals surface area contributed by atoms with Gasteiger partial charge in [-0.2, -0.15) is 0 Å². The quantitative estimate of drug-likeness (QED) is 0.929. The fraction of sp³-hybridized carbons (Fsp3) is 0.765. The van der Waals surface area contributed by atoms with E-state index in [2.05, 4.69) is 6.92 Å². The molecule has 1 saturated carbocycles. The van der Waals surface area contributed by atoms with E-state index in [9.17, 15) is 0 Å². The van der Waals surface area contributed by atoms with Crippen molar-refractivity contribution < 1.29 is 4.74 Å². The molecule has 1 aromatic heterocycles. The molecule has 0 aromatic carbocycles. The first kappa shape index (κ1) is 14.9. The van der Waals surface area contributed by atoms with Gasteiger partial charge in [-0.25, -0.2) is 9.97 Å². The summed E-state index contributed by atoms with van der Waals surface area (Å²) in [5, 5.41) is 0. The second-order valence-corrected chi connectivity index (χ2v) is 6.66. The van der Waals surface area contributed by atoms with E-state index in [-0.39, 0.29) is 5.60 Å². The topological polar surface area (TPSA) is 61.0 Å². The number of ether oxygens (including phenoxy) is 1. The second-order valence-electron chi connectivity index (χ2n) is 6.66. The molecule has 2 aliphatic rings. The van der Waals surface area contributed by atoms with E-state index in [4.69, 9.17) is 20.4 Å². The summed E-state index contributed by atoms with van der Waals surface area (Å²) >= 11 is 0. The Morgan fingerprint density at radius 2 is 2.00 bits per heavy atom. The third-order valence-electron chi connectivity index (χ3n) is 5.37. The Balaban J connectivity index is 1.96. The molecule has 1 aromatic rings. The van der Waals surface area contributed by atoms with Crippen LogP contribution in [0.2, 0.25) is 0 Å². The van der Waals surface area contributed by atoms with E-state index < -0.39 is 0 Å². The highest BCUT2D eigenvalue weighted by atomic mass is 16.5. The van der Waals surface area contributed by atoms with Crippen LogP contribution in [-0.4, -0.2) is 23.6 Å². The zero-order valence-electron chi connectivity index (χ0n) is 13.3. The average Bonchev–Trinajstić information content (AvgIpc) is 2.55. The first-order valence-electron chi connectivity index (χ1n) is 8.30. The lowest BCUT2D eigenvalue weighted by molar-refractivity contribution is -0.0518. The third-order valence-corrected chi connectivity index (χ3v) is 5.37. The summed E-state index contributed by atoms with van der Waals surface area (Å²) in [6.45, 7) is 2.89. The summed E-state index contributed by atoms with van der Waals surface area (Å²) in [5.74, 6) is 1.52. The maximum atomic E-state index is 5.91. The number of aromatic nitrogens is 2. The molecule has 2 aliphatic carbocycles. The van der Waals surface area contributed by atoms with Crippen molar-refractivity contribution in [3.63, 3.8) is 0 Å². The van der Waals surface area contributed by atoms with Crippen molar-refractivity contribution in [1.82, 2.24) is 9.97 Å². The highest BCUT2D eigenvalue weighted by Crippen LogP contribution is 2.39. The van der Waals surface area contributed by atoms with Gasteiger partial charge in [0.25, 0.3) is 0 Å². The molecule has 3 rings (SSSR count). The van der Waals surface area contributed by atoms with Crippen LogP contribution < -0.4 is 5.73 Å². The summed E-state index contributed by atoms with van der Waals surface area (Å²) < 4.78 is 5.91. The van der Waals surface area contributed by atoms with Gasteiger partial charge in [-0.05, 0) is 57.1 Å². The highest BCUT2D eigenvalue weighted by molar-refractivity contribution is 5.29. The van der Waals surface area contributed by atoms with Gasteiger partial charge in [-0.1, -0.05) is 19.3 Å². The Kier molecular flexibility index (Phi) is 4.27. The summed E-state index contributed by atoms with van der Waals surface area (Å²) in [4.78, 5) is 9.78. The fourth-order valence-electron chi connectivity index (χ4n) is 3.91. The maximum Gasteiger partial charge on any atom is 0.160 e. The van der Waals surface area contributed by atoms with Gasteiger partial charge >= 0.3 is 0 Å². The first-order chi connectivity index (χ1) is 10.2. The molecule has 0 spiro atoms. The van der Waals surface area contributed by atoms with Crippen LogP contribution in [0.15, 0.2) is 0 Å². The lowest BCUT2D eigenvalue weighted by Gasteiger charge is -2.35. The SMILES string of the molecule is COC1(c2nc(C)c3c(n2)CCC(CN)C3)CCCCC1. The summed E-state index contributed by atoms with van der Waals surface area (Å²) in [6, 6.07) is 0. The Morgan fingerprint density at radius 3 is 2.67 bits per heavy atom. The van der Waals surface area contributed by atoms with Crippen LogP contribution in [-0.2, 0) is 23.2 Å². The second kappa shape index (κ2) is 6.01.